The maximum atomic E-state index is 11.7. The first-order chi connectivity index (χ1) is 11.1. The molecule has 0 saturated carbocycles. The van der Waals surface area contributed by atoms with Gasteiger partial charge in [-0.05, 0) is 71.5 Å². The molecule has 4 heteroatoms. The second kappa shape index (κ2) is 7.52. The number of piperidine rings is 2. The Kier molecular flexibility index (Phi) is 5.63. The minimum absolute atomic E-state index is 0.268. The van der Waals surface area contributed by atoms with Crippen molar-refractivity contribution in [3.8, 4) is 0 Å². The Balaban J connectivity index is 1.64. The van der Waals surface area contributed by atoms with Gasteiger partial charge in [0, 0.05) is 38.1 Å². The molecule has 0 N–H and O–H groups in total. The Morgan fingerprint density at radius 3 is 2.35 bits per heavy atom. The van der Waals surface area contributed by atoms with Crippen molar-refractivity contribution in [1.82, 2.24) is 14.7 Å². The SMILES string of the molecule is CC(=O)N1CC[C@@H]2[C@H](CCCCN2C2CCN(C(C)C)CC2)C1. The van der Waals surface area contributed by atoms with E-state index in [2.05, 4.69) is 28.5 Å². The summed E-state index contributed by atoms with van der Waals surface area (Å²) in [5.74, 6) is 0.975. The molecule has 23 heavy (non-hydrogen) atoms. The summed E-state index contributed by atoms with van der Waals surface area (Å²) in [6.07, 6.45) is 7.85. The van der Waals surface area contributed by atoms with E-state index in [0.29, 0.717) is 12.0 Å². The van der Waals surface area contributed by atoms with Crippen LogP contribution in [-0.2, 0) is 4.79 Å². The Labute approximate surface area is 142 Å². The van der Waals surface area contributed by atoms with Crippen molar-refractivity contribution >= 4 is 5.91 Å². The molecule has 132 valence electrons. The summed E-state index contributed by atoms with van der Waals surface area (Å²) in [7, 11) is 0. The van der Waals surface area contributed by atoms with Gasteiger partial charge in [0.15, 0.2) is 0 Å². The first-order valence-electron chi connectivity index (χ1n) is 9.81. The van der Waals surface area contributed by atoms with Crippen molar-refractivity contribution in [2.24, 2.45) is 5.92 Å². The van der Waals surface area contributed by atoms with Crippen LogP contribution in [0.2, 0.25) is 0 Å². The maximum Gasteiger partial charge on any atom is 0.219 e. The first kappa shape index (κ1) is 17.2. The highest BCUT2D eigenvalue weighted by molar-refractivity contribution is 5.73. The Morgan fingerprint density at radius 1 is 0.957 bits per heavy atom. The molecule has 3 fully saturated rings. The molecule has 3 aliphatic heterocycles. The summed E-state index contributed by atoms with van der Waals surface area (Å²) < 4.78 is 0. The van der Waals surface area contributed by atoms with E-state index in [0.717, 1.165) is 25.2 Å². The highest BCUT2D eigenvalue weighted by Gasteiger charge is 2.38. The first-order valence-corrected chi connectivity index (χ1v) is 9.81. The van der Waals surface area contributed by atoms with E-state index in [1.54, 1.807) is 6.92 Å². The third-order valence-electron chi connectivity index (χ3n) is 6.50. The van der Waals surface area contributed by atoms with Crippen LogP contribution in [0.1, 0.15) is 59.3 Å². The zero-order valence-electron chi connectivity index (χ0n) is 15.3. The van der Waals surface area contributed by atoms with Crippen LogP contribution in [-0.4, -0.2) is 71.5 Å². The standard InChI is InChI=1S/C19H35N3O/c1-15(2)20-11-7-18(8-12-20)22-10-5-4-6-17-14-21(16(3)23)13-9-19(17)22/h15,17-19H,4-14H2,1-3H3/t17-,19-/m1/s1. The van der Waals surface area contributed by atoms with Gasteiger partial charge in [-0.3, -0.25) is 9.69 Å². The van der Waals surface area contributed by atoms with Crippen molar-refractivity contribution in [2.75, 3.05) is 32.7 Å². The van der Waals surface area contributed by atoms with Crippen LogP contribution < -0.4 is 0 Å². The van der Waals surface area contributed by atoms with E-state index in [-0.39, 0.29) is 5.91 Å². The van der Waals surface area contributed by atoms with Crippen LogP contribution >= 0.6 is 0 Å². The van der Waals surface area contributed by atoms with E-state index < -0.39 is 0 Å². The van der Waals surface area contributed by atoms with Crippen LogP contribution in [0.25, 0.3) is 0 Å². The molecule has 3 heterocycles. The third kappa shape index (κ3) is 3.90. The van der Waals surface area contributed by atoms with Crippen LogP contribution in [0.4, 0.5) is 0 Å². The zero-order valence-corrected chi connectivity index (χ0v) is 15.3. The zero-order chi connectivity index (χ0) is 16.4. The summed E-state index contributed by atoms with van der Waals surface area (Å²) >= 11 is 0. The number of fused-ring (bicyclic) bond motifs is 1. The topological polar surface area (TPSA) is 26.8 Å². The summed E-state index contributed by atoms with van der Waals surface area (Å²) in [5.41, 5.74) is 0. The normalized spacial score (nSPS) is 31.9. The van der Waals surface area contributed by atoms with Crippen LogP contribution in [0.5, 0.6) is 0 Å². The molecule has 0 aromatic carbocycles. The van der Waals surface area contributed by atoms with Crippen LogP contribution in [0.3, 0.4) is 0 Å². The molecule has 3 saturated heterocycles. The summed E-state index contributed by atoms with van der Waals surface area (Å²) in [5, 5.41) is 0. The fraction of sp³-hybridized carbons (Fsp3) is 0.947. The molecule has 0 aromatic rings. The number of rotatable bonds is 2. The highest BCUT2D eigenvalue weighted by Crippen LogP contribution is 2.33. The van der Waals surface area contributed by atoms with Crippen molar-refractivity contribution < 1.29 is 4.79 Å². The molecule has 3 rings (SSSR count). The maximum absolute atomic E-state index is 11.7. The molecule has 3 aliphatic rings. The smallest absolute Gasteiger partial charge is 0.219 e. The van der Waals surface area contributed by atoms with E-state index in [4.69, 9.17) is 0 Å². The average molecular weight is 322 g/mol. The minimum atomic E-state index is 0.268. The van der Waals surface area contributed by atoms with E-state index in [1.807, 2.05) is 0 Å². The molecule has 0 aromatic heterocycles. The minimum Gasteiger partial charge on any atom is -0.343 e. The summed E-state index contributed by atoms with van der Waals surface area (Å²) in [4.78, 5) is 19.3. The average Bonchev–Trinajstić information content (AvgIpc) is 2.76. The predicted octanol–water partition coefficient (Wildman–Crippen LogP) is 2.58. The van der Waals surface area contributed by atoms with Gasteiger partial charge in [-0.2, -0.15) is 0 Å². The van der Waals surface area contributed by atoms with Gasteiger partial charge in [-0.1, -0.05) is 6.42 Å². The number of amides is 1. The Bertz CT molecular complexity index is 403. The molecule has 0 unspecified atom stereocenters. The molecule has 0 spiro atoms. The van der Waals surface area contributed by atoms with Gasteiger partial charge < -0.3 is 9.80 Å². The lowest BCUT2D eigenvalue weighted by atomic mass is 9.86. The van der Waals surface area contributed by atoms with Gasteiger partial charge in [0.05, 0.1) is 0 Å². The molecule has 2 atom stereocenters. The fourth-order valence-corrected chi connectivity index (χ4v) is 5.08. The lowest BCUT2D eigenvalue weighted by Gasteiger charge is -2.47. The number of nitrogens with zero attached hydrogens (tertiary/aromatic N) is 3. The van der Waals surface area contributed by atoms with E-state index >= 15 is 0 Å². The molecular weight excluding hydrogens is 286 g/mol. The van der Waals surface area contributed by atoms with Gasteiger partial charge in [0.25, 0.3) is 0 Å². The van der Waals surface area contributed by atoms with Crippen molar-refractivity contribution in [2.45, 2.75) is 77.4 Å². The largest absolute Gasteiger partial charge is 0.343 e. The molecule has 0 radical (unpaired) electrons. The monoisotopic (exact) mass is 321 g/mol. The Hall–Kier alpha value is -0.610. The van der Waals surface area contributed by atoms with Crippen LogP contribution in [0.15, 0.2) is 0 Å². The van der Waals surface area contributed by atoms with E-state index in [9.17, 15) is 4.79 Å². The summed E-state index contributed by atoms with van der Waals surface area (Å²) in [6, 6.07) is 2.19. The van der Waals surface area contributed by atoms with Gasteiger partial charge in [-0.15, -0.1) is 0 Å². The molecule has 1 amide bonds. The van der Waals surface area contributed by atoms with Gasteiger partial charge in [0.1, 0.15) is 0 Å². The lowest BCUT2D eigenvalue weighted by molar-refractivity contribution is -0.132. The van der Waals surface area contributed by atoms with Crippen molar-refractivity contribution in [3.63, 3.8) is 0 Å². The second-order valence-corrected chi connectivity index (χ2v) is 8.18. The van der Waals surface area contributed by atoms with Gasteiger partial charge >= 0.3 is 0 Å². The predicted molar refractivity (Wildman–Crippen MR) is 94.4 cm³/mol. The molecule has 0 bridgehead atoms. The number of carbonyl (C=O) groups excluding carboxylic acids is 1. The number of likely N-dealkylation sites (tertiary alicyclic amines) is 3. The number of carbonyl (C=O) groups is 1. The van der Waals surface area contributed by atoms with Gasteiger partial charge in [-0.25, -0.2) is 0 Å². The Morgan fingerprint density at radius 2 is 1.70 bits per heavy atom. The molecule has 4 nitrogen and oxygen atoms in total. The lowest BCUT2D eigenvalue weighted by Crippen LogP contribution is -2.56. The van der Waals surface area contributed by atoms with Crippen LogP contribution in [0, 0.1) is 5.92 Å². The quantitative estimate of drug-likeness (QED) is 0.782. The molecular formula is C19H35N3O. The third-order valence-corrected chi connectivity index (χ3v) is 6.50. The van der Waals surface area contributed by atoms with E-state index in [1.165, 1.54) is 58.2 Å². The van der Waals surface area contributed by atoms with Gasteiger partial charge in [0.2, 0.25) is 5.91 Å². The molecule has 0 aliphatic carbocycles. The highest BCUT2D eigenvalue weighted by atomic mass is 16.2. The number of hydrogen-bond donors (Lipinski definition) is 0. The number of hydrogen-bond acceptors (Lipinski definition) is 3. The second-order valence-electron chi connectivity index (χ2n) is 8.18. The van der Waals surface area contributed by atoms with Crippen molar-refractivity contribution in [3.05, 3.63) is 0 Å². The fourth-order valence-electron chi connectivity index (χ4n) is 5.08. The summed E-state index contributed by atoms with van der Waals surface area (Å²) in [6.45, 7) is 12.1. The van der Waals surface area contributed by atoms with Crippen molar-refractivity contribution in [1.29, 1.82) is 0 Å².